The Kier molecular flexibility index (Phi) is 13.3. The van der Waals surface area contributed by atoms with Crippen LogP contribution in [0.2, 0.25) is 0 Å². The number of carbonyl (C=O) groups is 6. The number of ether oxygens (including phenoxy) is 3. The number of rotatable bonds is 17. The van der Waals surface area contributed by atoms with E-state index in [-0.39, 0.29) is 0 Å². The van der Waals surface area contributed by atoms with Gasteiger partial charge in [-0.3, -0.25) is 14.4 Å². The van der Waals surface area contributed by atoms with Crippen molar-refractivity contribution in [1.82, 2.24) is 0 Å². The molecule has 0 rings (SSSR count). The van der Waals surface area contributed by atoms with E-state index in [4.69, 9.17) is 34.6 Å². The van der Waals surface area contributed by atoms with Crippen molar-refractivity contribution in [3.8, 4) is 0 Å². The summed E-state index contributed by atoms with van der Waals surface area (Å²) in [5.41, 5.74) is -1.83. The first-order valence-electron chi connectivity index (χ1n) is 9.85. The maximum absolute atomic E-state index is 12.3. The number of esters is 3. The van der Waals surface area contributed by atoms with Crippen LogP contribution in [-0.2, 0) is 43.0 Å². The standard InChI is InChI=1S/C21H26O15/c1-9(4-14(24)25)19(31)34-8-13(35-20(32)10(2)5-15(26)27)18(17(30)12(23)7-22)36-21(33)11(3)6-16(28)29/h12-13,17-18,22-23,30H,1-8H2,(H,24,25)(H,26,27)(H,28,29)/t12-,13+,17-,18-/m1/s1. The monoisotopic (exact) mass is 518 g/mol. The Morgan fingerprint density at radius 3 is 1.44 bits per heavy atom. The van der Waals surface area contributed by atoms with Crippen LogP contribution in [-0.4, -0.2) is 104 Å². The zero-order valence-corrected chi connectivity index (χ0v) is 18.8. The molecule has 4 atom stereocenters. The molecule has 0 spiro atoms. The average Bonchev–Trinajstić information content (AvgIpc) is 2.77. The van der Waals surface area contributed by atoms with Crippen LogP contribution in [0.15, 0.2) is 36.5 Å². The highest BCUT2D eigenvalue weighted by molar-refractivity contribution is 5.94. The van der Waals surface area contributed by atoms with Gasteiger partial charge in [-0.25, -0.2) is 14.4 Å². The molecule has 15 nitrogen and oxygen atoms in total. The van der Waals surface area contributed by atoms with Crippen molar-refractivity contribution in [2.75, 3.05) is 13.2 Å². The molecule has 0 aromatic carbocycles. The van der Waals surface area contributed by atoms with Gasteiger partial charge >= 0.3 is 35.8 Å². The minimum absolute atomic E-state index is 0.554. The number of aliphatic hydroxyl groups is 3. The van der Waals surface area contributed by atoms with Gasteiger partial charge in [0.15, 0.2) is 12.2 Å². The molecular weight excluding hydrogens is 492 g/mol. The molecule has 0 aromatic heterocycles. The van der Waals surface area contributed by atoms with Crippen LogP contribution < -0.4 is 0 Å². The molecule has 0 aliphatic heterocycles. The molecule has 0 unspecified atom stereocenters. The van der Waals surface area contributed by atoms with Crippen LogP contribution >= 0.6 is 0 Å². The summed E-state index contributed by atoms with van der Waals surface area (Å²) < 4.78 is 14.7. The largest absolute Gasteiger partial charge is 0.481 e. The minimum Gasteiger partial charge on any atom is -0.481 e. The molecular formula is C21H26O15. The highest BCUT2D eigenvalue weighted by atomic mass is 16.6. The first-order valence-corrected chi connectivity index (χ1v) is 9.85. The topological polar surface area (TPSA) is 251 Å². The fourth-order valence-corrected chi connectivity index (χ4v) is 2.34. The molecule has 0 radical (unpaired) electrons. The van der Waals surface area contributed by atoms with Crippen LogP contribution in [0, 0.1) is 0 Å². The lowest BCUT2D eigenvalue weighted by Crippen LogP contribution is -2.51. The second-order valence-corrected chi connectivity index (χ2v) is 7.17. The Morgan fingerprint density at radius 1 is 0.667 bits per heavy atom. The third-order valence-electron chi connectivity index (χ3n) is 4.12. The molecule has 0 bridgehead atoms. The van der Waals surface area contributed by atoms with E-state index in [2.05, 4.69) is 19.7 Å². The molecule has 200 valence electrons. The number of carboxylic acid groups (broad SMARTS) is 3. The van der Waals surface area contributed by atoms with Crippen molar-refractivity contribution < 1.29 is 73.6 Å². The summed E-state index contributed by atoms with van der Waals surface area (Å²) in [6, 6.07) is 0. The minimum atomic E-state index is -2.23. The molecule has 0 amide bonds. The second kappa shape index (κ2) is 15.0. The number of hydrogen-bond donors (Lipinski definition) is 6. The van der Waals surface area contributed by atoms with Gasteiger partial charge in [0.05, 0.1) is 25.9 Å². The second-order valence-electron chi connectivity index (χ2n) is 7.17. The quantitative estimate of drug-likeness (QED) is 0.0703. The van der Waals surface area contributed by atoms with E-state index >= 15 is 0 Å². The van der Waals surface area contributed by atoms with E-state index in [1.807, 2.05) is 0 Å². The van der Waals surface area contributed by atoms with Crippen molar-refractivity contribution in [3.63, 3.8) is 0 Å². The van der Waals surface area contributed by atoms with Crippen molar-refractivity contribution >= 4 is 35.8 Å². The smallest absolute Gasteiger partial charge is 0.334 e. The van der Waals surface area contributed by atoms with Crippen molar-refractivity contribution in [3.05, 3.63) is 36.5 Å². The molecule has 0 aliphatic rings. The van der Waals surface area contributed by atoms with E-state index in [0.29, 0.717) is 0 Å². The molecule has 0 aliphatic carbocycles. The summed E-state index contributed by atoms with van der Waals surface area (Å²) in [6.07, 6.45) is -11.1. The van der Waals surface area contributed by atoms with Crippen LogP contribution in [0.1, 0.15) is 19.3 Å². The van der Waals surface area contributed by atoms with E-state index in [0.717, 1.165) is 0 Å². The average molecular weight is 518 g/mol. The van der Waals surface area contributed by atoms with Crippen LogP contribution in [0.3, 0.4) is 0 Å². The van der Waals surface area contributed by atoms with E-state index in [1.54, 1.807) is 0 Å². The predicted octanol–water partition coefficient (Wildman–Crippen LogP) is -1.84. The number of aliphatic hydroxyl groups excluding tert-OH is 3. The Balaban J connectivity index is 6.10. The Labute approximate surface area is 203 Å². The van der Waals surface area contributed by atoms with Gasteiger partial charge < -0.3 is 44.8 Å². The summed E-state index contributed by atoms with van der Waals surface area (Å²) in [5, 5.41) is 55.7. The number of aliphatic carboxylic acids is 3. The van der Waals surface area contributed by atoms with Crippen LogP contribution in [0.4, 0.5) is 0 Å². The predicted molar refractivity (Wildman–Crippen MR) is 114 cm³/mol. The summed E-state index contributed by atoms with van der Waals surface area (Å²) in [4.78, 5) is 69.0. The van der Waals surface area contributed by atoms with Gasteiger partial charge in [-0.2, -0.15) is 0 Å². The van der Waals surface area contributed by atoms with Crippen molar-refractivity contribution in [1.29, 1.82) is 0 Å². The molecule has 0 saturated heterocycles. The van der Waals surface area contributed by atoms with Crippen LogP contribution in [0.25, 0.3) is 0 Å². The summed E-state index contributed by atoms with van der Waals surface area (Å²) in [6.45, 7) is 7.42. The van der Waals surface area contributed by atoms with E-state index in [9.17, 15) is 39.0 Å². The van der Waals surface area contributed by atoms with Gasteiger partial charge in [-0.05, 0) is 0 Å². The van der Waals surface area contributed by atoms with Crippen LogP contribution in [0.5, 0.6) is 0 Å². The Bertz CT molecular complexity index is 918. The lowest BCUT2D eigenvalue weighted by molar-refractivity contribution is -0.188. The zero-order valence-electron chi connectivity index (χ0n) is 18.8. The normalized spacial score (nSPS) is 13.8. The van der Waals surface area contributed by atoms with Gasteiger partial charge in [0.25, 0.3) is 0 Å². The van der Waals surface area contributed by atoms with Gasteiger partial charge in [-0.1, -0.05) is 19.7 Å². The molecule has 0 aromatic rings. The van der Waals surface area contributed by atoms with Crippen molar-refractivity contribution in [2.45, 2.75) is 43.7 Å². The maximum atomic E-state index is 12.3. The van der Waals surface area contributed by atoms with Gasteiger partial charge in [0.1, 0.15) is 18.8 Å². The number of hydrogen-bond acceptors (Lipinski definition) is 12. The maximum Gasteiger partial charge on any atom is 0.334 e. The fourth-order valence-electron chi connectivity index (χ4n) is 2.34. The molecule has 36 heavy (non-hydrogen) atoms. The molecule has 0 heterocycles. The number of carboxylic acids is 3. The first-order chi connectivity index (χ1) is 16.6. The van der Waals surface area contributed by atoms with E-state index < -0.39 is 109 Å². The molecule has 15 heteroatoms. The molecule has 0 saturated carbocycles. The highest BCUT2D eigenvalue weighted by Gasteiger charge is 2.40. The number of carbonyl (C=O) groups excluding carboxylic acids is 3. The summed E-state index contributed by atoms with van der Waals surface area (Å²) in [5.74, 6) is -8.56. The Morgan fingerprint density at radius 2 is 1.06 bits per heavy atom. The summed E-state index contributed by atoms with van der Waals surface area (Å²) >= 11 is 0. The van der Waals surface area contributed by atoms with Crippen molar-refractivity contribution in [2.24, 2.45) is 0 Å². The SMILES string of the molecule is C=C(CC(=O)O)C(=O)OC[C@H](OC(=O)C(=C)CC(=O)O)[C@@H](OC(=O)C(=C)CC(=O)O)[C@H](O)[C@H](O)CO. The fraction of sp³-hybridized carbons (Fsp3) is 0.429. The highest BCUT2D eigenvalue weighted by Crippen LogP contribution is 2.19. The summed E-state index contributed by atoms with van der Waals surface area (Å²) in [7, 11) is 0. The molecule has 6 N–H and O–H groups in total. The van der Waals surface area contributed by atoms with Gasteiger partial charge in [-0.15, -0.1) is 0 Å². The third kappa shape index (κ3) is 11.4. The lowest BCUT2D eigenvalue weighted by Gasteiger charge is -2.32. The molecule has 0 fully saturated rings. The first kappa shape index (κ1) is 31.9. The van der Waals surface area contributed by atoms with Gasteiger partial charge in [0, 0.05) is 16.7 Å². The van der Waals surface area contributed by atoms with Gasteiger partial charge in [0.2, 0.25) is 0 Å². The Hall–Kier alpha value is -4.08. The third-order valence-corrected chi connectivity index (χ3v) is 4.12. The zero-order chi connectivity index (χ0) is 28.2. The lowest BCUT2D eigenvalue weighted by atomic mass is 10.0. The van der Waals surface area contributed by atoms with E-state index in [1.165, 1.54) is 0 Å².